The number of benzene rings is 3. The normalized spacial score (nSPS) is 18.7. The van der Waals surface area contributed by atoms with Gasteiger partial charge in [-0.3, -0.25) is 9.69 Å². The third kappa shape index (κ3) is 3.98. The lowest BCUT2D eigenvalue weighted by atomic mass is 9.83. The first-order valence-electron chi connectivity index (χ1n) is 10.0. The molecule has 0 unspecified atom stereocenters. The van der Waals surface area contributed by atoms with E-state index in [1.165, 1.54) is 4.90 Å². The molecule has 30 heavy (non-hydrogen) atoms. The number of hydrogen-bond acceptors (Lipinski definition) is 3. The average Bonchev–Trinajstić information content (AvgIpc) is 3.01. The molecule has 1 atom stereocenters. The van der Waals surface area contributed by atoms with E-state index in [1.54, 1.807) is 0 Å². The Morgan fingerprint density at radius 2 is 1.33 bits per heavy atom. The Labute approximate surface area is 176 Å². The van der Waals surface area contributed by atoms with E-state index in [1.807, 2.05) is 103 Å². The molecule has 1 fully saturated rings. The largest absolute Gasteiger partial charge is 0.326 e. The summed E-state index contributed by atoms with van der Waals surface area (Å²) in [5.41, 5.74) is 1.81. The monoisotopic (exact) mass is 399 g/mol. The minimum Gasteiger partial charge on any atom is -0.319 e. The van der Waals surface area contributed by atoms with Crippen molar-refractivity contribution in [2.24, 2.45) is 0 Å². The summed E-state index contributed by atoms with van der Waals surface area (Å²) in [4.78, 5) is 29.9. The smallest absolute Gasteiger partial charge is 0.319 e. The lowest BCUT2D eigenvalue weighted by molar-refractivity contribution is -0.133. The summed E-state index contributed by atoms with van der Waals surface area (Å²) in [7, 11) is 1.91. The molecule has 5 heteroatoms. The van der Waals surface area contributed by atoms with Crippen molar-refractivity contribution in [3.05, 3.63) is 108 Å². The Hall–Kier alpha value is -3.44. The summed E-state index contributed by atoms with van der Waals surface area (Å²) in [6, 6.07) is 28.9. The maximum Gasteiger partial charge on any atom is 0.326 e. The molecule has 1 aliphatic rings. The average molecular weight is 399 g/mol. The Balaban J connectivity index is 1.60. The standard InChI is InChI=1S/C25H25N3O2/c1-27(18-21-13-7-3-8-14-21)19-28-23(29)25(26-24(28)30,22-15-9-4-10-16-22)17-20-11-5-2-6-12-20/h2-16H,17-19H2,1H3,(H,26,30)/t25-/m0/s1. The number of carbonyl (C=O) groups is 2. The topological polar surface area (TPSA) is 52.6 Å². The zero-order valence-corrected chi connectivity index (χ0v) is 17.0. The molecule has 3 aromatic rings. The fraction of sp³-hybridized carbons (Fsp3) is 0.200. The summed E-state index contributed by atoms with van der Waals surface area (Å²) >= 11 is 0. The Morgan fingerprint density at radius 3 is 1.93 bits per heavy atom. The van der Waals surface area contributed by atoms with Crippen LogP contribution in [0.4, 0.5) is 4.79 Å². The molecule has 4 rings (SSSR count). The maximum absolute atomic E-state index is 13.6. The minimum absolute atomic E-state index is 0.220. The highest BCUT2D eigenvalue weighted by Gasteiger charge is 2.52. The van der Waals surface area contributed by atoms with Gasteiger partial charge in [0.15, 0.2) is 5.54 Å². The van der Waals surface area contributed by atoms with E-state index >= 15 is 0 Å². The van der Waals surface area contributed by atoms with E-state index in [9.17, 15) is 9.59 Å². The molecule has 3 aromatic carbocycles. The Kier molecular flexibility index (Phi) is 5.63. The van der Waals surface area contributed by atoms with Crippen molar-refractivity contribution in [1.29, 1.82) is 0 Å². The molecule has 152 valence electrons. The third-order valence-corrected chi connectivity index (χ3v) is 5.43. The van der Waals surface area contributed by atoms with Crippen LogP contribution in [0.25, 0.3) is 0 Å². The molecular formula is C25H25N3O2. The zero-order valence-electron chi connectivity index (χ0n) is 17.0. The van der Waals surface area contributed by atoms with Crippen LogP contribution in [0.5, 0.6) is 0 Å². The van der Waals surface area contributed by atoms with Crippen molar-refractivity contribution in [3.63, 3.8) is 0 Å². The summed E-state index contributed by atoms with van der Waals surface area (Å²) in [5, 5.41) is 3.01. The van der Waals surface area contributed by atoms with Gasteiger partial charge in [-0.25, -0.2) is 9.69 Å². The number of nitrogens with zero attached hydrogens (tertiary/aromatic N) is 2. The lowest BCUT2D eigenvalue weighted by Crippen LogP contribution is -2.46. The number of carbonyl (C=O) groups excluding carboxylic acids is 2. The van der Waals surface area contributed by atoms with E-state index in [-0.39, 0.29) is 18.6 Å². The van der Waals surface area contributed by atoms with Gasteiger partial charge < -0.3 is 5.32 Å². The van der Waals surface area contributed by atoms with Crippen molar-refractivity contribution < 1.29 is 9.59 Å². The first kappa shape index (κ1) is 19.9. The van der Waals surface area contributed by atoms with Gasteiger partial charge in [-0.2, -0.15) is 0 Å². The minimum atomic E-state index is -1.10. The van der Waals surface area contributed by atoms with Crippen molar-refractivity contribution in [1.82, 2.24) is 15.1 Å². The van der Waals surface area contributed by atoms with Gasteiger partial charge in [-0.1, -0.05) is 91.0 Å². The van der Waals surface area contributed by atoms with E-state index in [0.717, 1.165) is 16.7 Å². The molecular weight excluding hydrogens is 374 g/mol. The molecule has 0 saturated carbocycles. The van der Waals surface area contributed by atoms with E-state index in [4.69, 9.17) is 0 Å². The predicted molar refractivity (Wildman–Crippen MR) is 116 cm³/mol. The van der Waals surface area contributed by atoms with Crippen LogP contribution in [0.2, 0.25) is 0 Å². The fourth-order valence-electron chi connectivity index (χ4n) is 3.98. The molecule has 0 aromatic heterocycles. The first-order chi connectivity index (χ1) is 14.6. The van der Waals surface area contributed by atoms with Gasteiger partial charge in [0, 0.05) is 13.0 Å². The van der Waals surface area contributed by atoms with Crippen LogP contribution in [0.3, 0.4) is 0 Å². The van der Waals surface area contributed by atoms with Crippen molar-refractivity contribution in [2.45, 2.75) is 18.5 Å². The van der Waals surface area contributed by atoms with Gasteiger partial charge in [-0.05, 0) is 23.7 Å². The quantitative estimate of drug-likeness (QED) is 0.616. The SMILES string of the molecule is CN(Cc1ccccc1)CN1C(=O)N[C@@](Cc2ccccc2)(c2ccccc2)C1=O. The van der Waals surface area contributed by atoms with Crippen molar-refractivity contribution >= 4 is 11.9 Å². The number of hydrogen-bond donors (Lipinski definition) is 1. The Morgan fingerprint density at radius 1 is 0.800 bits per heavy atom. The van der Waals surface area contributed by atoms with Gasteiger partial charge in [0.1, 0.15) is 0 Å². The third-order valence-electron chi connectivity index (χ3n) is 5.43. The highest BCUT2D eigenvalue weighted by molar-refractivity contribution is 6.07. The van der Waals surface area contributed by atoms with E-state index in [0.29, 0.717) is 13.0 Å². The second kappa shape index (κ2) is 8.51. The molecule has 0 aliphatic carbocycles. The molecule has 1 heterocycles. The summed E-state index contributed by atoms with van der Waals surface area (Å²) in [6.07, 6.45) is 0.404. The number of amides is 3. The first-order valence-corrected chi connectivity index (χ1v) is 10.0. The van der Waals surface area contributed by atoms with Crippen molar-refractivity contribution in [3.8, 4) is 0 Å². The maximum atomic E-state index is 13.6. The molecule has 1 saturated heterocycles. The van der Waals surface area contributed by atoms with Crippen LogP contribution in [0.1, 0.15) is 16.7 Å². The highest BCUT2D eigenvalue weighted by atomic mass is 16.2. The van der Waals surface area contributed by atoms with Gasteiger partial charge in [0.25, 0.3) is 5.91 Å². The van der Waals surface area contributed by atoms with E-state index in [2.05, 4.69) is 5.32 Å². The molecule has 1 aliphatic heterocycles. The number of nitrogens with one attached hydrogen (secondary N) is 1. The van der Waals surface area contributed by atoms with Gasteiger partial charge in [0.2, 0.25) is 0 Å². The molecule has 1 N–H and O–H groups in total. The van der Waals surface area contributed by atoms with Crippen LogP contribution in [-0.4, -0.2) is 35.5 Å². The van der Waals surface area contributed by atoms with E-state index < -0.39 is 5.54 Å². The molecule has 0 spiro atoms. The summed E-state index contributed by atoms with van der Waals surface area (Å²) in [5.74, 6) is -0.220. The van der Waals surface area contributed by atoms with Gasteiger partial charge in [-0.15, -0.1) is 0 Å². The number of imide groups is 1. The van der Waals surface area contributed by atoms with Crippen LogP contribution in [-0.2, 0) is 23.3 Å². The van der Waals surface area contributed by atoms with Crippen LogP contribution < -0.4 is 5.32 Å². The lowest BCUT2D eigenvalue weighted by Gasteiger charge is -2.28. The van der Waals surface area contributed by atoms with Crippen LogP contribution in [0, 0.1) is 0 Å². The molecule has 3 amide bonds. The molecule has 5 nitrogen and oxygen atoms in total. The van der Waals surface area contributed by atoms with Gasteiger partial charge >= 0.3 is 6.03 Å². The molecule has 0 bridgehead atoms. The number of rotatable bonds is 7. The van der Waals surface area contributed by atoms with Crippen LogP contribution in [0.15, 0.2) is 91.0 Å². The zero-order chi connectivity index (χ0) is 21.0. The number of urea groups is 1. The summed E-state index contributed by atoms with van der Waals surface area (Å²) in [6.45, 7) is 0.873. The molecule has 0 radical (unpaired) electrons. The van der Waals surface area contributed by atoms with Gasteiger partial charge in [0.05, 0.1) is 6.67 Å². The summed E-state index contributed by atoms with van der Waals surface area (Å²) < 4.78 is 0. The second-order valence-corrected chi connectivity index (χ2v) is 7.74. The fourth-order valence-corrected chi connectivity index (χ4v) is 3.98. The second-order valence-electron chi connectivity index (χ2n) is 7.74. The predicted octanol–water partition coefficient (Wildman–Crippen LogP) is 3.77. The highest BCUT2D eigenvalue weighted by Crippen LogP contribution is 2.33. The van der Waals surface area contributed by atoms with Crippen LogP contribution >= 0.6 is 0 Å². The Bertz CT molecular complexity index is 1010. The van der Waals surface area contributed by atoms with Crippen molar-refractivity contribution in [2.75, 3.05) is 13.7 Å².